The van der Waals surface area contributed by atoms with Crippen LogP contribution >= 0.6 is 0 Å². The summed E-state index contributed by atoms with van der Waals surface area (Å²) in [4.78, 5) is 13.4. The second kappa shape index (κ2) is 4.94. The molecular weight excluding hydrogens is 190 g/mol. The summed E-state index contributed by atoms with van der Waals surface area (Å²) < 4.78 is 0. The summed E-state index contributed by atoms with van der Waals surface area (Å²) in [6, 6.07) is 0. The van der Waals surface area contributed by atoms with Gasteiger partial charge in [0.25, 0.3) is 0 Å². The summed E-state index contributed by atoms with van der Waals surface area (Å²) in [5, 5.41) is 2.09. The molecule has 1 amide bonds. The highest BCUT2D eigenvalue weighted by molar-refractivity contribution is 5.78. The lowest BCUT2D eigenvalue weighted by molar-refractivity contribution is -0.884. The number of nitrogens with zero attached hydrogens (tertiary/aromatic N) is 1. The van der Waals surface area contributed by atoms with Crippen molar-refractivity contribution in [2.75, 3.05) is 33.2 Å². The van der Waals surface area contributed by atoms with E-state index in [2.05, 4.69) is 17.5 Å². The Morgan fingerprint density at radius 2 is 1.87 bits per heavy atom. The Hall–Kier alpha value is -0.610. The van der Waals surface area contributed by atoms with Crippen LogP contribution in [0.1, 0.15) is 25.7 Å². The molecule has 0 atom stereocenters. The Kier molecular flexibility index (Phi) is 3.59. The molecule has 1 heterocycles. The van der Waals surface area contributed by atoms with E-state index in [1.54, 1.807) is 4.90 Å². The van der Waals surface area contributed by atoms with Crippen LogP contribution in [0.3, 0.4) is 0 Å². The van der Waals surface area contributed by atoms with E-state index in [1.165, 1.54) is 12.8 Å². The molecule has 0 aromatic rings. The molecule has 0 unspecified atom stereocenters. The van der Waals surface area contributed by atoms with E-state index >= 15 is 0 Å². The fourth-order valence-corrected chi connectivity index (χ4v) is 2.44. The van der Waals surface area contributed by atoms with E-state index in [9.17, 15) is 4.79 Å². The topological polar surface area (TPSA) is 36.8 Å². The molecule has 15 heavy (non-hydrogen) atoms. The van der Waals surface area contributed by atoms with Crippen LogP contribution in [-0.4, -0.2) is 44.1 Å². The van der Waals surface area contributed by atoms with E-state index in [0.29, 0.717) is 0 Å². The third-order valence-corrected chi connectivity index (χ3v) is 3.61. The average Bonchev–Trinajstić information content (AvgIpc) is 2.74. The molecule has 0 spiro atoms. The Balaban J connectivity index is 1.74. The van der Waals surface area contributed by atoms with Gasteiger partial charge in [0.05, 0.1) is 33.2 Å². The van der Waals surface area contributed by atoms with Crippen LogP contribution in [0.25, 0.3) is 0 Å². The normalized spacial score (nSPS) is 25.7. The van der Waals surface area contributed by atoms with Crippen LogP contribution in [0.15, 0.2) is 0 Å². The molecule has 0 bridgehead atoms. The van der Waals surface area contributed by atoms with Crippen LogP contribution in [0, 0.1) is 5.92 Å². The van der Waals surface area contributed by atoms with E-state index < -0.39 is 0 Å². The Morgan fingerprint density at radius 1 is 1.27 bits per heavy atom. The highest BCUT2D eigenvalue weighted by Gasteiger charge is 2.25. The maximum Gasteiger partial charge on any atom is 0.237 e. The largest absolute Gasteiger partial charge is 0.335 e. The highest BCUT2D eigenvalue weighted by atomic mass is 16.2. The standard InChI is InChI=1S/C11H21N3O/c1-13-6-8-14(9-7-13)12-11(15)10-4-2-3-5-10/h10H,2-9H2,1H3,(H,12,15)/p+1. The van der Waals surface area contributed by atoms with Gasteiger partial charge in [0.15, 0.2) is 0 Å². The average molecular weight is 212 g/mol. The molecule has 0 aromatic carbocycles. The fourth-order valence-electron chi connectivity index (χ4n) is 2.44. The molecule has 2 fully saturated rings. The van der Waals surface area contributed by atoms with Gasteiger partial charge in [-0.2, -0.15) is 0 Å². The quantitative estimate of drug-likeness (QED) is 0.618. The first-order valence-electron chi connectivity index (χ1n) is 6.12. The summed E-state index contributed by atoms with van der Waals surface area (Å²) in [7, 11) is 2.20. The van der Waals surface area contributed by atoms with Crippen molar-refractivity contribution in [1.29, 1.82) is 0 Å². The Bertz CT molecular complexity index is 218. The van der Waals surface area contributed by atoms with Gasteiger partial charge in [-0.15, -0.1) is 0 Å². The van der Waals surface area contributed by atoms with Gasteiger partial charge < -0.3 is 4.90 Å². The van der Waals surface area contributed by atoms with Crippen LogP contribution in [0.4, 0.5) is 0 Å². The second-order valence-corrected chi connectivity index (χ2v) is 4.90. The minimum Gasteiger partial charge on any atom is -0.335 e. The van der Waals surface area contributed by atoms with E-state index in [1.807, 2.05) is 0 Å². The Morgan fingerprint density at radius 3 is 2.47 bits per heavy atom. The van der Waals surface area contributed by atoms with Crippen LogP contribution in [0.5, 0.6) is 0 Å². The number of hydrogen-bond acceptors (Lipinski definition) is 2. The molecule has 1 aliphatic heterocycles. The van der Waals surface area contributed by atoms with Crippen molar-refractivity contribution in [3.8, 4) is 0 Å². The lowest BCUT2D eigenvalue weighted by Gasteiger charge is -2.30. The molecule has 0 radical (unpaired) electrons. The summed E-state index contributed by atoms with van der Waals surface area (Å²) in [5.41, 5.74) is 3.06. The van der Waals surface area contributed by atoms with Gasteiger partial charge in [0.2, 0.25) is 5.91 Å². The van der Waals surface area contributed by atoms with Crippen LogP contribution < -0.4 is 10.3 Å². The zero-order valence-corrected chi connectivity index (χ0v) is 9.59. The number of carbonyl (C=O) groups excluding carboxylic acids is 1. The first-order valence-corrected chi connectivity index (χ1v) is 6.12. The number of quaternary nitrogens is 1. The first kappa shape index (κ1) is 10.9. The molecule has 2 rings (SSSR count). The predicted octanol–water partition coefficient (Wildman–Crippen LogP) is -0.962. The fraction of sp³-hybridized carbons (Fsp3) is 0.909. The summed E-state index contributed by atoms with van der Waals surface area (Å²) >= 11 is 0. The maximum atomic E-state index is 11.8. The second-order valence-electron chi connectivity index (χ2n) is 4.90. The van der Waals surface area contributed by atoms with Crippen molar-refractivity contribution < 1.29 is 9.69 Å². The zero-order chi connectivity index (χ0) is 10.7. The van der Waals surface area contributed by atoms with Gasteiger partial charge in [-0.3, -0.25) is 10.2 Å². The number of hydrazine groups is 1. The van der Waals surface area contributed by atoms with Crippen molar-refractivity contribution in [2.45, 2.75) is 25.7 Å². The van der Waals surface area contributed by atoms with Crippen molar-refractivity contribution >= 4 is 5.91 Å². The lowest BCUT2D eigenvalue weighted by atomic mass is 10.1. The predicted molar refractivity (Wildman–Crippen MR) is 58.3 cm³/mol. The third kappa shape index (κ3) is 2.92. The maximum absolute atomic E-state index is 11.8. The number of carbonyl (C=O) groups is 1. The smallest absolute Gasteiger partial charge is 0.237 e. The minimum atomic E-state index is 0.257. The number of rotatable bonds is 2. The van der Waals surface area contributed by atoms with Crippen molar-refractivity contribution in [2.24, 2.45) is 5.92 Å². The van der Waals surface area contributed by atoms with Crippen LogP contribution in [0.2, 0.25) is 0 Å². The van der Waals surface area contributed by atoms with Gasteiger partial charge >= 0.3 is 0 Å². The zero-order valence-electron chi connectivity index (χ0n) is 9.59. The van der Waals surface area contributed by atoms with Crippen molar-refractivity contribution in [1.82, 2.24) is 10.4 Å². The summed E-state index contributed by atoms with van der Waals surface area (Å²) in [6.07, 6.45) is 4.63. The van der Waals surface area contributed by atoms with Crippen molar-refractivity contribution in [3.63, 3.8) is 0 Å². The first-order chi connectivity index (χ1) is 7.25. The molecular formula is C11H22N3O+. The summed E-state index contributed by atoms with van der Waals surface area (Å²) in [6.45, 7) is 4.24. The Labute approximate surface area is 91.6 Å². The van der Waals surface area contributed by atoms with Gasteiger partial charge in [-0.05, 0) is 12.8 Å². The van der Waals surface area contributed by atoms with Crippen molar-refractivity contribution in [3.05, 3.63) is 0 Å². The molecule has 2 aliphatic rings. The number of piperazine rings is 1. The summed E-state index contributed by atoms with van der Waals surface area (Å²) in [5.74, 6) is 0.545. The van der Waals surface area contributed by atoms with E-state index in [0.717, 1.165) is 39.0 Å². The molecule has 1 saturated heterocycles. The number of nitrogens with one attached hydrogen (secondary N) is 2. The van der Waals surface area contributed by atoms with Gasteiger partial charge in [-0.1, -0.05) is 12.8 Å². The lowest BCUT2D eigenvalue weighted by Crippen LogP contribution is -3.12. The number of likely N-dealkylation sites (N-methyl/N-ethyl adjacent to an activating group) is 1. The van der Waals surface area contributed by atoms with Gasteiger partial charge in [0, 0.05) is 5.92 Å². The van der Waals surface area contributed by atoms with Gasteiger partial charge in [0.1, 0.15) is 0 Å². The number of hydrogen-bond donors (Lipinski definition) is 2. The molecule has 1 aliphatic carbocycles. The monoisotopic (exact) mass is 212 g/mol. The number of amides is 1. The van der Waals surface area contributed by atoms with E-state index in [-0.39, 0.29) is 11.8 Å². The molecule has 4 nitrogen and oxygen atoms in total. The molecule has 4 heteroatoms. The third-order valence-electron chi connectivity index (χ3n) is 3.61. The highest BCUT2D eigenvalue weighted by Crippen LogP contribution is 2.24. The van der Waals surface area contributed by atoms with E-state index in [4.69, 9.17) is 0 Å². The van der Waals surface area contributed by atoms with Gasteiger partial charge in [-0.25, -0.2) is 5.01 Å². The SMILES string of the molecule is C[NH+]1CCN(NC(=O)C2CCCC2)CC1. The van der Waals surface area contributed by atoms with Crippen LogP contribution in [-0.2, 0) is 4.79 Å². The molecule has 2 N–H and O–H groups in total. The molecule has 1 saturated carbocycles. The molecule has 86 valence electrons. The molecule has 0 aromatic heterocycles. The minimum absolute atomic E-state index is 0.257.